The van der Waals surface area contributed by atoms with Gasteiger partial charge >= 0.3 is 0 Å². The molecule has 0 fully saturated rings. The molecule has 0 radical (unpaired) electrons. The lowest BCUT2D eigenvalue weighted by Crippen LogP contribution is -2.18. The maximum Gasteiger partial charge on any atom is 0.276 e. The average molecular weight is 466 g/mol. The fourth-order valence-corrected chi connectivity index (χ4v) is 4.23. The van der Waals surface area contributed by atoms with Crippen molar-refractivity contribution in [2.24, 2.45) is 5.10 Å². The van der Waals surface area contributed by atoms with Crippen LogP contribution in [0.15, 0.2) is 58.5 Å². The van der Waals surface area contributed by atoms with Crippen molar-refractivity contribution in [3.05, 3.63) is 75.5 Å². The van der Waals surface area contributed by atoms with Crippen LogP contribution in [-0.2, 0) is 10.0 Å². The van der Waals surface area contributed by atoms with Gasteiger partial charge in [0.2, 0.25) is 0 Å². The minimum atomic E-state index is -3.79. The van der Waals surface area contributed by atoms with Crippen LogP contribution in [0.5, 0.6) is 5.75 Å². The third-order valence-corrected chi connectivity index (χ3v) is 6.51. The number of rotatable bonds is 7. The molecule has 0 bridgehead atoms. The maximum absolute atomic E-state index is 12.4. The zero-order valence-corrected chi connectivity index (χ0v) is 19.0. The van der Waals surface area contributed by atoms with Gasteiger partial charge in [0.15, 0.2) is 0 Å². The third kappa shape index (κ3) is 4.64. The first-order valence-electron chi connectivity index (χ1n) is 9.15. The summed E-state index contributed by atoms with van der Waals surface area (Å²) in [6, 6.07) is 13.4. The first kappa shape index (κ1) is 22.2. The summed E-state index contributed by atoms with van der Waals surface area (Å²) in [6.45, 7) is 6.18. The van der Waals surface area contributed by atoms with E-state index < -0.39 is 10.0 Å². The second kappa shape index (κ2) is 9.12. The van der Waals surface area contributed by atoms with Crippen LogP contribution in [0.3, 0.4) is 0 Å². The second-order valence-corrected chi connectivity index (χ2v) is 8.94. The molecule has 2 aromatic carbocycles. The van der Waals surface area contributed by atoms with Crippen molar-refractivity contribution in [1.82, 2.24) is 9.40 Å². The molecule has 0 saturated carbocycles. The number of aryl methyl sites for hydroxylation is 1. The number of hydrazone groups is 1. The Labute approximate surface area is 186 Å². The highest BCUT2D eigenvalue weighted by Crippen LogP contribution is 2.31. The molecule has 1 aromatic heterocycles. The van der Waals surface area contributed by atoms with Crippen molar-refractivity contribution in [1.29, 1.82) is 0 Å². The van der Waals surface area contributed by atoms with E-state index in [9.17, 15) is 8.42 Å². The van der Waals surface area contributed by atoms with Crippen molar-refractivity contribution in [3.8, 4) is 11.4 Å². The zero-order valence-electron chi connectivity index (χ0n) is 16.7. The van der Waals surface area contributed by atoms with E-state index in [2.05, 4.69) is 9.93 Å². The first-order chi connectivity index (χ1) is 14.2. The molecule has 0 aliphatic rings. The van der Waals surface area contributed by atoms with Crippen LogP contribution in [0.2, 0.25) is 10.0 Å². The van der Waals surface area contributed by atoms with Gasteiger partial charge in [-0.15, -0.1) is 0 Å². The molecule has 0 aliphatic carbocycles. The van der Waals surface area contributed by atoms with E-state index in [0.717, 1.165) is 22.6 Å². The Morgan fingerprint density at radius 3 is 2.50 bits per heavy atom. The molecule has 0 atom stereocenters. The summed E-state index contributed by atoms with van der Waals surface area (Å²) in [7, 11) is -3.79. The Balaban J connectivity index is 1.82. The van der Waals surface area contributed by atoms with Crippen molar-refractivity contribution >= 4 is 39.4 Å². The van der Waals surface area contributed by atoms with E-state index in [-0.39, 0.29) is 4.90 Å². The van der Waals surface area contributed by atoms with Crippen LogP contribution in [0.25, 0.3) is 5.69 Å². The summed E-state index contributed by atoms with van der Waals surface area (Å²) in [5, 5.41) is 4.83. The third-order valence-electron chi connectivity index (χ3n) is 4.46. The summed E-state index contributed by atoms with van der Waals surface area (Å²) >= 11 is 12.5. The van der Waals surface area contributed by atoms with Crippen molar-refractivity contribution in [3.63, 3.8) is 0 Å². The molecule has 30 heavy (non-hydrogen) atoms. The minimum absolute atomic E-state index is 0.0966. The second-order valence-electron chi connectivity index (χ2n) is 6.49. The van der Waals surface area contributed by atoms with Gasteiger partial charge < -0.3 is 9.30 Å². The van der Waals surface area contributed by atoms with Gasteiger partial charge in [0.05, 0.1) is 33.4 Å². The average Bonchev–Trinajstić information content (AvgIpc) is 2.98. The first-order valence-corrected chi connectivity index (χ1v) is 11.4. The number of halogens is 2. The zero-order chi connectivity index (χ0) is 21.9. The number of benzene rings is 2. The van der Waals surface area contributed by atoms with Gasteiger partial charge in [-0.3, -0.25) is 0 Å². The molecular weight excluding hydrogens is 445 g/mol. The van der Waals surface area contributed by atoms with Crippen LogP contribution < -0.4 is 9.57 Å². The van der Waals surface area contributed by atoms with Gasteiger partial charge in [0, 0.05) is 17.0 Å². The van der Waals surface area contributed by atoms with Gasteiger partial charge in [0.25, 0.3) is 10.0 Å². The van der Waals surface area contributed by atoms with E-state index in [1.54, 1.807) is 18.2 Å². The van der Waals surface area contributed by atoms with Crippen LogP contribution in [0, 0.1) is 13.8 Å². The van der Waals surface area contributed by atoms with Crippen LogP contribution in [0.1, 0.15) is 23.9 Å². The summed E-state index contributed by atoms with van der Waals surface area (Å²) in [5.41, 5.74) is 3.25. The van der Waals surface area contributed by atoms with Crippen LogP contribution >= 0.6 is 23.2 Å². The minimum Gasteiger partial charge on any atom is -0.494 e. The van der Waals surface area contributed by atoms with Crippen molar-refractivity contribution in [2.75, 3.05) is 6.61 Å². The maximum atomic E-state index is 12.4. The van der Waals surface area contributed by atoms with Gasteiger partial charge in [0.1, 0.15) is 5.75 Å². The largest absolute Gasteiger partial charge is 0.494 e. The highest BCUT2D eigenvalue weighted by atomic mass is 35.5. The van der Waals surface area contributed by atoms with Crippen LogP contribution in [0.4, 0.5) is 0 Å². The molecule has 3 aromatic rings. The fourth-order valence-electron chi connectivity index (χ4n) is 3.05. The lowest BCUT2D eigenvalue weighted by Gasteiger charge is -2.12. The topological polar surface area (TPSA) is 72.7 Å². The number of ether oxygens (including phenoxy) is 1. The lowest BCUT2D eigenvalue weighted by atomic mass is 10.2. The normalized spacial score (nSPS) is 11.8. The number of aromatic nitrogens is 1. The SMILES string of the molecule is CCOc1ccc(S(=O)(=O)N/N=C/c2cc(C)n(-c3cccc(Cl)c3Cl)c2C)cc1. The molecule has 9 heteroatoms. The monoisotopic (exact) mass is 465 g/mol. The molecule has 0 aliphatic heterocycles. The Hall–Kier alpha value is -2.48. The van der Waals surface area contributed by atoms with E-state index >= 15 is 0 Å². The van der Waals surface area contributed by atoms with Crippen molar-refractivity contribution < 1.29 is 13.2 Å². The predicted octanol–water partition coefficient (Wildman–Crippen LogP) is 5.11. The predicted molar refractivity (Wildman–Crippen MR) is 121 cm³/mol. The molecule has 1 N–H and O–H groups in total. The molecule has 0 amide bonds. The molecule has 6 nitrogen and oxygen atoms in total. The fraction of sp³-hybridized carbons (Fsp3) is 0.190. The summed E-state index contributed by atoms with van der Waals surface area (Å²) in [5.74, 6) is 0.604. The van der Waals surface area contributed by atoms with Gasteiger partial charge in [-0.25, -0.2) is 4.83 Å². The molecule has 3 rings (SSSR count). The Morgan fingerprint density at radius 2 is 1.83 bits per heavy atom. The Bertz CT molecular complexity index is 1190. The number of nitrogens with zero attached hydrogens (tertiary/aromatic N) is 2. The Morgan fingerprint density at radius 1 is 1.13 bits per heavy atom. The van der Waals surface area contributed by atoms with Crippen LogP contribution in [-0.4, -0.2) is 25.8 Å². The molecule has 0 saturated heterocycles. The Kier molecular flexibility index (Phi) is 6.75. The summed E-state index contributed by atoms with van der Waals surface area (Å²) < 4.78 is 32.2. The number of nitrogens with one attached hydrogen (secondary N) is 1. The molecule has 0 spiro atoms. The molecule has 158 valence electrons. The highest BCUT2D eigenvalue weighted by Gasteiger charge is 2.15. The number of hydrogen-bond donors (Lipinski definition) is 1. The van der Waals surface area contributed by atoms with E-state index in [4.69, 9.17) is 27.9 Å². The van der Waals surface area contributed by atoms with E-state index in [1.165, 1.54) is 18.3 Å². The molecule has 1 heterocycles. The number of hydrogen-bond acceptors (Lipinski definition) is 4. The number of sulfonamides is 1. The van der Waals surface area contributed by atoms with Gasteiger partial charge in [-0.05, 0) is 63.2 Å². The molecular formula is C21H21Cl2N3O3S. The lowest BCUT2D eigenvalue weighted by molar-refractivity contribution is 0.340. The smallest absolute Gasteiger partial charge is 0.276 e. The summed E-state index contributed by atoms with van der Waals surface area (Å²) in [4.78, 5) is 2.33. The standard InChI is InChI=1S/C21H21Cl2N3O3S/c1-4-29-17-8-10-18(11-9-17)30(27,28)25-24-13-16-12-14(2)26(15(16)3)20-7-5-6-19(22)21(20)23/h5-13,25H,4H2,1-3H3/b24-13+. The van der Waals surface area contributed by atoms with E-state index in [0.29, 0.717) is 22.4 Å². The highest BCUT2D eigenvalue weighted by molar-refractivity contribution is 7.89. The molecule has 0 unspecified atom stereocenters. The van der Waals surface area contributed by atoms with Gasteiger partial charge in [-0.2, -0.15) is 13.5 Å². The van der Waals surface area contributed by atoms with Gasteiger partial charge in [-0.1, -0.05) is 29.3 Å². The van der Waals surface area contributed by atoms with Crippen molar-refractivity contribution in [2.45, 2.75) is 25.7 Å². The quantitative estimate of drug-likeness (QED) is 0.389. The van der Waals surface area contributed by atoms with E-state index in [1.807, 2.05) is 43.5 Å². The summed E-state index contributed by atoms with van der Waals surface area (Å²) in [6.07, 6.45) is 1.46.